The summed E-state index contributed by atoms with van der Waals surface area (Å²) in [5.74, 6) is 1.94. The molecular formula is C23H24N2O. The van der Waals surface area contributed by atoms with Crippen LogP contribution in [0.25, 0.3) is 22.4 Å². The van der Waals surface area contributed by atoms with Gasteiger partial charge in [0.15, 0.2) is 0 Å². The third-order valence-electron chi connectivity index (χ3n) is 5.01. The Morgan fingerprint density at radius 2 is 1.46 bits per heavy atom. The molecule has 0 bridgehead atoms. The summed E-state index contributed by atoms with van der Waals surface area (Å²) in [6.07, 6.45) is 2.49. The summed E-state index contributed by atoms with van der Waals surface area (Å²) in [4.78, 5) is 7.36. The van der Waals surface area contributed by atoms with Crippen LogP contribution in [0.2, 0.25) is 0 Å². The number of methoxy groups -OCH3 is 1. The van der Waals surface area contributed by atoms with Crippen LogP contribution in [0.4, 0.5) is 5.82 Å². The van der Waals surface area contributed by atoms with E-state index in [0.29, 0.717) is 0 Å². The molecule has 1 aliphatic rings. The predicted molar refractivity (Wildman–Crippen MR) is 108 cm³/mol. The van der Waals surface area contributed by atoms with Crippen LogP contribution in [-0.2, 0) is 0 Å². The van der Waals surface area contributed by atoms with Gasteiger partial charge in [0.2, 0.25) is 0 Å². The molecule has 26 heavy (non-hydrogen) atoms. The van der Waals surface area contributed by atoms with Crippen molar-refractivity contribution in [2.75, 3.05) is 25.1 Å². The zero-order valence-electron chi connectivity index (χ0n) is 15.4. The van der Waals surface area contributed by atoms with Crippen molar-refractivity contribution in [3.05, 3.63) is 66.2 Å². The molecule has 0 saturated carbocycles. The summed E-state index contributed by atoms with van der Waals surface area (Å²) < 4.78 is 5.29. The minimum Gasteiger partial charge on any atom is -0.497 e. The summed E-state index contributed by atoms with van der Waals surface area (Å²) in [5.41, 5.74) is 5.84. The van der Waals surface area contributed by atoms with Gasteiger partial charge in [-0.15, -0.1) is 0 Å². The Morgan fingerprint density at radius 3 is 2.12 bits per heavy atom. The second-order valence-corrected chi connectivity index (χ2v) is 6.89. The SMILES string of the molecule is COc1ccc(-c2cc(-c3ccc(C)cc3)cc(N3CCCC3)n2)cc1. The maximum Gasteiger partial charge on any atom is 0.129 e. The van der Waals surface area contributed by atoms with E-state index >= 15 is 0 Å². The molecule has 0 unspecified atom stereocenters. The molecule has 0 spiro atoms. The van der Waals surface area contributed by atoms with Crippen molar-refractivity contribution in [3.63, 3.8) is 0 Å². The Labute approximate surface area is 155 Å². The number of nitrogens with zero attached hydrogens (tertiary/aromatic N) is 2. The smallest absolute Gasteiger partial charge is 0.129 e. The number of benzene rings is 2. The van der Waals surface area contributed by atoms with Crippen LogP contribution in [0.3, 0.4) is 0 Å². The van der Waals surface area contributed by atoms with Gasteiger partial charge in [-0.2, -0.15) is 0 Å². The Morgan fingerprint density at radius 1 is 0.808 bits per heavy atom. The largest absolute Gasteiger partial charge is 0.497 e. The topological polar surface area (TPSA) is 25.4 Å². The maximum absolute atomic E-state index is 5.29. The highest BCUT2D eigenvalue weighted by atomic mass is 16.5. The van der Waals surface area contributed by atoms with Crippen LogP contribution in [0.15, 0.2) is 60.7 Å². The summed E-state index contributed by atoms with van der Waals surface area (Å²) in [6.45, 7) is 4.30. The monoisotopic (exact) mass is 344 g/mol. The fourth-order valence-electron chi connectivity index (χ4n) is 3.45. The van der Waals surface area contributed by atoms with Crippen molar-refractivity contribution in [3.8, 4) is 28.1 Å². The lowest BCUT2D eigenvalue weighted by atomic mass is 10.0. The lowest BCUT2D eigenvalue weighted by Gasteiger charge is -2.19. The van der Waals surface area contributed by atoms with Crippen LogP contribution in [-0.4, -0.2) is 25.2 Å². The van der Waals surface area contributed by atoms with Crippen molar-refractivity contribution < 1.29 is 4.74 Å². The van der Waals surface area contributed by atoms with E-state index in [-0.39, 0.29) is 0 Å². The molecule has 132 valence electrons. The molecule has 3 heteroatoms. The molecule has 4 rings (SSSR count). The van der Waals surface area contributed by atoms with Crippen molar-refractivity contribution in [2.24, 2.45) is 0 Å². The first kappa shape index (κ1) is 16.6. The van der Waals surface area contributed by atoms with E-state index in [2.05, 4.69) is 60.4 Å². The molecule has 2 aromatic carbocycles. The molecule has 1 aromatic heterocycles. The average molecular weight is 344 g/mol. The molecule has 0 amide bonds. The fourth-order valence-corrected chi connectivity index (χ4v) is 3.45. The molecule has 3 aromatic rings. The summed E-state index contributed by atoms with van der Waals surface area (Å²) in [5, 5.41) is 0. The van der Waals surface area contributed by atoms with Gasteiger partial charge in [-0.3, -0.25) is 0 Å². The molecule has 1 fully saturated rings. The first-order valence-corrected chi connectivity index (χ1v) is 9.21. The number of hydrogen-bond acceptors (Lipinski definition) is 3. The first-order valence-electron chi connectivity index (χ1n) is 9.21. The summed E-state index contributed by atoms with van der Waals surface area (Å²) in [7, 11) is 1.69. The molecule has 1 aliphatic heterocycles. The maximum atomic E-state index is 5.29. The van der Waals surface area contributed by atoms with Crippen LogP contribution in [0.1, 0.15) is 18.4 Å². The Hall–Kier alpha value is -2.81. The van der Waals surface area contributed by atoms with E-state index in [0.717, 1.165) is 35.9 Å². The molecule has 0 aliphatic carbocycles. The zero-order valence-corrected chi connectivity index (χ0v) is 15.4. The van der Waals surface area contributed by atoms with Crippen LogP contribution in [0.5, 0.6) is 5.75 Å². The number of aromatic nitrogens is 1. The predicted octanol–water partition coefficient (Wildman–Crippen LogP) is 5.33. The normalized spacial score (nSPS) is 13.8. The third-order valence-corrected chi connectivity index (χ3v) is 5.01. The highest BCUT2D eigenvalue weighted by Gasteiger charge is 2.16. The number of pyridine rings is 1. The molecule has 2 heterocycles. The van der Waals surface area contributed by atoms with Crippen molar-refractivity contribution in [1.29, 1.82) is 0 Å². The van der Waals surface area contributed by atoms with E-state index < -0.39 is 0 Å². The van der Waals surface area contributed by atoms with Gasteiger partial charge in [0.05, 0.1) is 12.8 Å². The van der Waals surface area contributed by atoms with E-state index in [9.17, 15) is 0 Å². The molecule has 0 N–H and O–H groups in total. The lowest BCUT2D eigenvalue weighted by molar-refractivity contribution is 0.415. The van der Waals surface area contributed by atoms with Gasteiger partial charge in [-0.05, 0) is 67.3 Å². The van der Waals surface area contributed by atoms with E-state index in [1.165, 1.54) is 29.5 Å². The van der Waals surface area contributed by atoms with Crippen molar-refractivity contribution >= 4 is 5.82 Å². The summed E-state index contributed by atoms with van der Waals surface area (Å²) in [6, 6.07) is 21.3. The van der Waals surface area contributed by atoms with Gasteiger partial charge in [-0.25, -0.2) is 4.98 Å². The Balaban J connectivity index is 1.80. The minimum atomic E-state index is 0.864. The van der Waals surface area contributed by atoms with Gasteiger partial charge in [0.25, 0.3) is 0 Å². The standard InChI is InChI=1S/C23H24N2O/c1-17-5-7-18(8-6-17)20-15-22(19-9-11-21(26-2)12-10-19)24-23(16-20)25-13-3-4-14-25/h5-12,15-16H,3-4,13-14H2,1-2H3. The summed E-state index contributed by atoms with van der Waals surface area (Å²) >= 11 is 0. The van der Waals surface area contributed by atoms with Gasteiger partial charge in [0.1, 0.15) is 11.6 Å². The van der Waals surface area contributed by atoms with E-state index in [1.807, 2.05) is 12.1 Å². The Kier molecular flexibility index (Phi) is 4.61. The van der Waals surface area contributed by atoms with Crippen LogP contribution in [0, 0.1) is 6.92 Å². The molecule has 3 nitrogen and oxygen atoms in total. The van der Waals surface area contributed by atoms with Crippen molar-refractivity contribution in [1.82, 2.24) is 4.98 Å². The van der Waals surface area contributed by atoms with Gasteiger partial charge in [-0.1, -0.05) is 29.8 Å². The number of hydrogen-bond donors (Lipinski definition) is 0. The van der Waals surface area contributed by atoms with Gasteiger partial charge < -0.3 is 9.64 Å². The first-order chi connectivity index (χ1) is 12.7. The number of rotatable bonds is 4. The van der Waals surface area contributed by atoms with E-state index in [1.54, 1.807) is 7.11 Å². The molecule has 1 saturated heterocycles. The van der Waals surface area contributed by atoms with Crippen LogP contribution < -0.4 is 9.64 Å². The fraction of sp³-hybridized carbons (Fsp3) is 0.261. The quantitative estimate of drug-likeness (QED) is 0.639. The van der Waals surface area contributed by atoms with E-state index in [4.69, 9.17) is 9.72 Å². The van der Waals surface area contributed by atoms with Gasteiger partial charge in [0, 0.05) is 18.7 Å². The highest BCUT2D eigenvalue weighted by molar-refractivity contribution is 5.74. The third kappa shape index (κ3) is 3.43. The molecule has 0 atom stereocenters. The van der Waals surface area contributed by atoms with Crippen molar-refractivity contribution in [2.45, 2.75) is 19.8 Å². The Bertz CT molecular complexity index is 879. The number of ether oxygens (including phenoxy) is 1. The average Bonchev–Trinajstić information content (AvgIpc) is 3.23. The lowest BCUT2D eigenvalue weighted by Crippen LogP contribution is -2.19. The van der Waals surface area contributed by atoms with Gasteiger partial charge >= 0.3 is 0 Å². The minimum absolute atomic E-state index is 0.864. The molecule has 0 radical (unpaired) electrons. The molecular weight excluding hydrogens is 320 g/mol. The zero-order chi connectivity index (χ0) is 17.9. The highest BCUT2D eigenvalue weighted by Crippen LogP contribution is 2.31. The number of aryl methyl sites for hydroxylation is 1. The van der Waals surface area contributed by atoms with Crippen LogP contribution >= 0.6 is 0 Å². The second kappa shape index (κ2) is 7.20. The second-order valence-electron chi connectivity index (χ2n) is 6.89. The number of anilines is 1.